The molecule has 0 bridgehead atoms. The summed E-state index contributed by atoms with van der Waals surface area (Å²) in [5, 5.41) is 5.80. The highest BCUT2D eigenvalue weighted by atomic mass is 19.2. The van der Waals surface area contributed by atoms with E-state index in [-0.39, 0.29) is 54.2 Å². The zero-order chi connectivity index (χ0) is 31.5. The molecular weight excluding hydrogens is 582 g/mol. The lowest BCUT2D eigenvalue weighted by molar-refractivity contribution is -0.134. The van der Waals surface area contributed by atoms with Crippen LogP contribution in [0.25, 0.3) is 0 Å². The van der Waals surface area contributed by atoms with Gasteiger partial charge in [0.15, 0.2) is 11.6 Å². The first-order chi connectivity index (χ1) is 21.7. The number of fused-ring (bicyclic) bond motifs is 2. The zero-order valence-corrected chi connectivity index (χ0v) is 25.0. The summed E-state index contributed by atoms with van der Waals surface area (Å²) in [5.41, 5.74) is 1.77. The highest BCUT2D eigenvalue weighted by Gasteiger charge is 2.39. The van der Waals surface area contributed by atoms with E-state index in [2.05, 4.69) is 27.7 Å². The lowest BCUT2D eigenvalue weighted by Gasteiger charge is -2.42. The van der Waals surface area contributed by atoms with E-state index in [1.54, 1.807) is 24.1 Å². The average Bonchev–Trinajstić information content (AvgIpc) is 3.47. The van der Waals surface area contributed by atoms with Gasteiger partial charge in [0.25, 0.3) is 11.8 Å². The van der Waals surface area contributed by atoms with E-state index in [1.807, 2.05) is 18.2 Å². The number of rotatable bonds is 7. The van der Waals surface area contributed by atoms with Crippen molar-refractivity contribution in [1.82, 2.24) is 15.1 Å². The van der Waals surface area contributed by atoms with Crippen LogP contribution in [0.4, 0.5) is 14.5 Å². The standard InChI is InChI=1S/C34H36F2N4O5/c1-39-29-11-9-25(17-32(41)37-24-13-14-40(19-24)18-21-5-3-2-4-6-21)45-31(29)20-44-30-12-8-23(16-26(30)34(39)43)38-33(42)22-7-10-27(35)28(36)15-22/h2-8,10,12,15-16,24-25,29,31H,9,11,13-14,17-20H2,1H3,(H,37,41)(H,38,42)/t24-,25+,29-,31-/m1/s1. The molecule has 3 aliphatic rings. The highest BCUT2D eigenvalue weighted by molar-refractivity contribution is 6.05. The number of nitrogens with one attached hydrogen (secondary N) is 2. The molecule has 3 aromatic rings. The third kappa shape index (κ3) is 7.15. The third-order valence-electron chi connectivity index (χ3n) is 8.75. The zero-order valence-electron chi connectivity index (χ0n) is 25.0. The molecule has 3 amide bonds. The molecule has 9 nitrogen and oxygen atoms in total. The average molecular weight is 619 g/mol. The smallest absolute Gasteiger partial charge is 0.257 e. The Hall–Kier alpha value is -4.35. The Bertz CT molecular complexity index is 1570. The number of hydrogen-bond donors (Lipinski definition) is 2. The number of nitrogens with zero attached hydrogens (tertiary/aromatic N) is 2. The third-order valence-corrected chi connectivity index (χ3v) is 8.75. The number of anilines is 1. The van der Waals surface area contributed by atoms with Gasteiger partial charge in [0.1, 0.15) is 18.5 Å². The van der Waals surface area contributed by atoms with Gasteiger partial charge < -0.3 is 25.0 Å². The predicted molar refractivity (Wildman–Crippen MR) is 163 cm³/mol. The molecule has 6 rings (SSSR count). The molecule has 45 heavy (non-hydrogen) atoms. The quantitative estimate of drug-likeness (QED) is 0.408. The SMILES string of the molecule is CN1C(=O)c2cc(NC(=O)c3ccc(F)c(F)c3)ccc2OC[C@H]2O[C@H](CC(=O)N[C@@H]3CCN(Cc4ccccc4)C3)CC[C@H]21. The number of amides is 3. The molecule has 3 aromatic carbocycles. The van der Waals surface area contributed by atoms with Gasteiger partial charge in [0, 0.05) is 44.0 Å². The topological polar surface area (TPSA) is 100 Å². The van der Waals surface area contributed by atoms with Crippen molar-refractivity contribution in [2.75, 3.05) is 32.1 Å². The van der Waals surface area contributed by atoms with Crippen molar-refractivity contribution in [1.29, 1.82) is 0 Å². The van der Waals surface area contributed by atoms with Crippen LogP contribution in [0.5, 0.6) is 5.75 Å². The minimum atomic E-state index is -1.13. The van der Waals surface area contributed by atoms with Gasteiger partial charge in [-0.25, -0.2) is 8.78 Å². The Morgan fingerprint density at radius 2 is 1.80 bits per heavy atom. The summed E-state index contributed by atoms with van der Waals surface area (Å²) in [6.07, 6.45) is 1.71. The summed E-state index contributed by atoms with van der Waals surface area (Å²) in [4.78, 5) is 43.1. The lowest BCUT2D eigenvalue weighted by Crippen LogP contribution is -2.54. The van der Waals surface area contributed by atoms with Crippen LogP contribution in [0.1, 0.15) is 52.0 Å². The molecule has 3 heterocycles. The van der Waals surface area contributed by atoms with Crippen molar-refractivity contribution in [2.24, 2.45) is 0 Å². The second kappa shape index (κ2) is 13.3. The summed E-state index contributed by atoms with van der Waals surface area (Å²) < 4.78 is 39.2. The van der Waals surface area contributed by atoms with E-state index in [0.29, 0.717) is 24.3 Å². The Kier molecular flexibility index (Phi) is 9.09. The monoisotopic (exact) mass is 618 g/mol. The number of likely N-dealkylation sites (tertiary alicyclic amines) is 1. The van der Waals surface area contributed by atoms with Gasteiger partial charge in [-0.2, -0.15) is 0 Å². The van der Waals surface area contributed by atoms with E-state index in [0.717, 1.165) is 38.2 Å². The van der Waals surface area contributed by atoms with Gasteiger partial charge in [-0.1, -0.05) is 30.3 Å². The first-order valence-electron chi connectivity index (χ1n) is 15.2. The molecule has 3 aliphatic heterocycles. The molecular formula is C34H36F2N4O5. The van der Waals surface area contributed by atoms with Crippen LogP contribution >= 0.6 is 0 Å². The molecule has 236 valence electrons. The van der Waals surface area contributed by atoms with E-state index in [4.69, 9.17) is 9.47 Å². The van der Waals surface area contributed by atoms with Crippen molar-refractivity contribution in [3.63, 3.8) is 0 Å². The van der Waals surface area contributed by atoms with E-state index >= 15 is 0 Å². The molecule has 0 radical (unpaired) electrons. The first kappa shape index (κ1) is 30.7. The van der Waals surface area contributed by atoms with Crippen LogP contribution < -0.4 is 15.4 Å². The van der Waals surface area contributed by atoms with Crippen molar-refractivity contribution in [2.45, 2.75) is 56.5 Å². The second-order valence-electron chi connectivity index (χ2n) is 11.9. The molecule has 0 spiro atoms. The predicted octanol–water partition coefficient (Wildman–Crippen LogP) is 4.38. The van der Waals surface area contributed by atoms with Crippen LogP contribution in [-0.4, -0.2) is 78.6 Å². The number of halogens is 2. The Labute approximate surface area is 260 Å². The number of likely N-dealkylation sites (N-methyl/N-ethyl adjacent to an activating group) is 1. The molecule has 2 fully saturated rings. The largest absolute Gasteiger partial charge is 0.490 e. The van der Waals surface area contributed by atoms with Gasteiger partial charge in [0.05, 0.1) is 24.1 Å². The maximum absolute atomic E-state index is 13.6. The van der Waals surface area contributed by atoms with Crippen molar-refractivity contribution in [3.05, 3.63) is 95.1 Å². The molecule has 2 saturated heterocycles. The van der Waals surface area contributed by atoms with Gasteiger partial charge >= 0.3 is 0 Å². The number of ether oxygens (including phenoxy) is 2. The van der Waals surface area contributed by atoms with E-state index in [9.17, 15) is 23.2 Å². The summed E-state index contributed by atoms with van der Waals surface area (Å²) >= 11 is 0. The number of carbonyl (C=O) groups excluding carboxylic acids is 3. The van der Waals surface area contributed by atoms with Gasteiger partial charge in [-0.05, 0) is 61.2 Å². The van der Waals surface area contributed by atoms with Crippen LogP contribution in [0.15, 0.2) is 66.7 Å². The van der Waals surface area contributed by atoms with Gasteiger partial charge in [0.2, 0.25) is 5.91 Å². The van der Waals surface area contributed by atoms with Crippen LogP contribution in [0.2, 0.25) is 0 Å². The fourth-order valence-corrected chi connectivity index (χ4v) is 6.38. The van der Waals surface area contributed by atoms with Gasteiger partial charge in [-0.15, -0.1) is 0 Å². The molecule has 0 saturated carbocycles. The lowest BCUT2D eigenvalue weighted by atomic mass is 9.94. The fourth-order valence-electron chi connectivity index (χ4n) is 6.38. The summed E-state index contributed by atoms with van der Waals surface area (Å²) in [6.45, 7) is 2.80. The second-order valence-corrected chi connectivity index (χ2v) is 11.9. The molecule has 4 atom stereocenters. The molecule has 2 N–H and O–H groups in total. The maximum Gasteiger partial charge on any atom is 0.257 e. The fraction of sp³-hybridized carbons (Fsp3) is 0.382. The Morgan fingerprint density at radius 1 is 0.978 bits per heavy atom. The Morgan fingerprint density at radius 3 is 2.60 bits per heavy atom. The molecule has 0 aromatic heterocycles. The normalized spacial score (nSPS) is 23.3. The van der Waals surface area contributed by atoms with Crippen LogP contribution in [0, 0.1) is 11.6 Å². The van der Waals surface area contributed by atoms with Crippen LogP contribution in [-0.2, 0) is 16.1 Å². The first-order valence-corrected chi connectivity index (χ1v) is 15.2. The number of benzene rings is 3. The minimum Gasteiger partial charge on any atom is -0.490 e. The van der Waals surface area contributed by atoms with Gasteiger partial charge in [-0.3, -0.25) is 19.3 Å². The van der Waals surface area contributed by atoms with E-state index in [1.165, 1.54) is 17.7 Å². The van der Waals surface area contributed by atoms with E-state index < -0.39 is 23.6 Å². The van der Waals surface area contributed by atoms with Crippen molar-refractivity contribution >= 4 is 23.4 Å². The van der Waals surface area contributed by atoms with Crippen LogP contribution in [0.3, 0.4) is 0 Å². The molecule has 11 heteroatoms. The molecule has 0 aliphatic carbocycles. The number of hydrogen-bond acceptors (Lipinski definition) is 6. The summed E-state index contributed by atoms with van der Waals surface area (Å²) in [5.74, 6) is -2.82. The number of carbonyl (C=O) groups is 3. The Balaban J connectivity index is 1.04. The van der Waals surface area contributed by atoms with Crippen molar-refractivity contribution in [3.8, 4) is 5.75 Å². The molecule has 0 unspecified atom stereocenters. The summed E-state index contributed by atoms with van der Waals surface area (Å²) in [6, 6.07) is 17.7. The van der Waals surface area contributed by atoms with Crippen molar-refractivity contribution < 1.29 is 32.6 Å². The maximum atomic E-state index is 13.6. The minimum absolute atomic E-state index is 0.0375. The highest BCUT2D eigenvalue weighted by Crippen LogP contribution is 2.33. The summed E-state index contributed by atoms with van der Waals surface area (Å²) in [7, 11) is 1.71.